The molecule has 2 unspecified atom stereocenters. The number of ether oxygens (including phenoxy) is 1. The molecule has 0 saturated carbocycles. The van der Waals surface area contributed by atoms with Crippen LogP contribution in [0.25, 0.3) is 0 Å². The highest BCUT2D eigenvalue weighted by atomic mass is 16.5. The molecule has 0 aliphatic carbocycles. The summed E-state index contributed by atoms with van der Waals surface area (Å²) < 4.78 is 5.76. The molecular formula is C16H27NO. The molecule has 1 aromatic rings. The van der Waals surface area contributed by atoms with Crippen LogP contribution in [0.3, 0.4) is 0 Å². The maximum atomic E-state index is 5.76. The van der Waals surface area contributed by atoms with Gasteiger partial charge >= 0.3 is 0 Å². The molecule has 0 saturated heterocycles. The molecule has 0 heterocycles. The Morgan fingerprint density at radius 1 is 1.17 bits per heavy atom. The molecule has 0 fully saturated rings. The molecule has 0 bridgehead atoms. The van der Waals surface area contributed by atoms with Gasteiger partial charge in [0.25, 0.3) is 0 Å². The van der Waals surface area contributed by atoms with Crippen molar-refractivity contribution in [2.45, 2.75) is 53.1 Å². The summed E-state index contributed by atoms with van der Waals surface area (Å²) in [5.41, 5.74) is 1.29. The zero-order valence-electron chi connectivity index (χ0n) is 12.4. The third kappa shape index (κ3) is 5.09. The smallest absolute Gasteiger partial charge is 0.119 e. The quantitative estimate of drug-likeness (QED) is 0.783. The first-order valence-corrected chi connectivity index (χ1v) is 7.01. The zero-order chi connectivity index (χ0) is 13.5. The minimum atomic E-state index is 0.363. The monoisotopic (exact) mass is 249 g/mol. The van der Waals surface area contributed by atoms with E-state index < -0.39 is 0 Å². The topological polar surface area (TPSA) is 21.3 Å². The molecule has 0 amide bonds. The molecule has 18 heavy (non-hydrogen) atoms. The lowest BCUT2D eigenvalue weighted by atomic mass is 10.1. The van der Waals surface area contributed by atoms with Crippen LogP contribution < -0.4 is 10.1 Å². The van der Waals surface area contributed by atoms with Gasteiger partial charge < -0.3 is 10.1 Å². The van der Waals surface area contributed by atoms with Gasteiger partial charge in [0.1, 0.15) is 5.75 Å². The Morgan fingerprint density at radius 3 is 2.50 bits per heavy atom. The molecule has 0 aromatic heterocycles. The molecule has 0 spiro atoms. The van der Waals surface area contributed by atoms with Gasteiger partial charge in [-0.15, -0.1) is 0 Å². The molecule has 0 radical (unpaired) electrons. The van der Waals surface area contributed by atoms with Crippen molar-refractivity contribution >= 4 is 0 Å². The van der Waals surface area contributed by atoms with E-state index in [0.29, 0.717) is 18.0 Å². The van der Waals surface area contributed by atoms with Gasteiger partial charge in [-0.2, -0.15) is 0 Å². The van der Waals surface area contributed by atoms with E-state index in [2.05, 4.69) is 58.1 Å². The van der Waals surface area contributed by atoms with Gasteiger partial charge in [0, 0.05) is 12.1 Å². The number of benzene rings is 1. The summed E-state index contributed by atoms with van der Waals surface area (Å²) in [4.78, 5) is 0. The van der Waals surface area contributed by atoms with Crippen LogP contribution in [0.5, 0.6) is 5.75 Å². The first-order chi connectivity index (χ1) is 8.52. The lowest BCUT2D eigenvalue weighted by molar-refractivity contribution is 0.270. The Labute approximate surface area is 112 Å². The van der Waals surface area contributed by atoms with Crippen molar-refractivity contribution in [2.24, 2.45) is 5.92 Å². The lowest BCUT2D eigenvalue weighted by Crippen LogP contribution is -2.28. The van der Waals surface area contributed by atoms with Gasteiger partial charge in [0.2, 0.25) is 0 Å². The molecule has 1 N–H and O–H groups in total. The third-order valence-electron chi connectivity index (χ3n) is 3.09. The molecule has 1 rings (SSSR count). The molecule has 0 aliphatic heterocycles. The second kappa shape index (κ2) is 7.42. The van der Waals surface area contributed by atoms with Gasteiger partial charge in [-0.05, 0) is 43.9 Å². The minimum Gasteiger partial charge on any atom is -0.493 e. The van der Waals surface area contributed by atoms with E-state index in [1.807, 2.05) is 6.07 Å². The van der Waals surface area contributed by atoms with E-state index in [1.54, 1.807) is 0 Å². The molecule has 102 valence electrons. The molecular weight excluding hydrogens is 222 g/mol. The number of hydrogen-bond donors (Lipinski definition) is 1. The standard InChI is InChI=1S/C16H27NO/c1-6-13(4)17-14(5)15-8-7-9-16(10-15)18-11-12(2)3/h7-10,12-14,17H,6,11H2,1-5H3. The summed E-state index contributed by atoms with van der Waals surface area (Å²) in [6.07, 6.45) is 1.15. The van der Waals surface area contributed by atoms with E-state index in [1.165, 1.54) is 5.56 Å². The second-order valence-electron chi connectivity index (χ2n) is 5.47. The third-order valence-corrected chi connectivity index (χ3v) is 3.09. The molecule has 0 aliphatic rings. The van der Waals surface area contributed by atoms with Crippen molar-refractivity contribution in [2.75, 3.05) is 6.61 Å². The van der Waals surface area contributed by atoms with Crippen LogP contribution in [-0.2, 0) is 0 Å². The van der Waals surface area contributed by atoms with Crippen LogP contribution in [0.2, 0.25) is 0 Å². The van der Waals surface area contributed by atoms with E-state index >= 15 is 0 Å². The SMILES string of the molecule is CCC(C)NC(C)c1cccc(OCC(C)C)c1. The summed E-state index contributed by atoms with van der Waals surface area (Å²) >= 11 is 0. The fraction of sp³-hybridized carbons (Fsp3) is 0.625. The molecule has 1 aromatic carbocycles. The minimum absolute atomic E-state index is 0.363. The summed E-state index contributed by atoms with van der Waals surface area (Å²) in [6, 6.07) is 9.30. The van der Waals surface area contributed by atoms with Crippen molar-refractivity contribution < 1.29 is 4.74 Å². The first kappa shape index (κ1) is 15.0. The summed E-state index contributed by atoms with van der Waals surface area (Å²) in [5, 5.41) is 3.58. The molecule has 2 nitrogen and oxygen atoms in total. The lowest BCUT2D eigenvalue weighted by Gasteiger charge is -2.20. The van der Waals surface area contributed by atoms with Crippen molar-refractivity contribution in [1.29, 1.82) is 0 Å². The van der Waals surface area contributed by atoms with Gasteiger partial charge in [0.05, 0.1) is 6.61 Å². The normalized spacial score (nSPS) is 14.6. The maximum absolute atomic E-state index is 5.76. The van der Waals surface area contributed by atoms with Crippen LogP contribution in [0, 0.1) is 5.92 Å². The highest BCUT2D eigenvalue weighted by molar-refractivity contribution is 5.30. The van der Waals surface area contributed by atoms with Crippen molar-refractivity contribution in [3.8, 4) is 5.75 Å². The van der Waals surface area contributed by atoms with E-state index in [4.69, 9.17) is 4.74 Å². The fourth-order valence-corrected chi connectivity index (χ4v) is 1.78. The highest BCUT2D eigenvalue weighted by Crippen LogP contribution is 2.20. The predicted molar refractivity (Wildman–Crippen MR) is 78.1 cm³/mol. The molecule has 2 atom stereocenters. The Balaban J connectivity index is 2.63. The number of nitrogens with one attached hydrogen (secondary N) is 1. The Morgan fingerprint density at radius 2 is 1.89 bits per heavy atom. The van der Waals surface area contributed by atoms with Crippen LogP contribution in [0.15, 0.2) is 24.3 Å². The van der Waals surface area contributed by atoms with E-state index in [9.17, 15) is 0 Å². The predicted octanol–water partition coefficient (Wildman–Crippen LogP) is 4.17. The van der Waals surface area contributed by atoms with Crippen molar-refractivity contribution in [3.63, 3.8) is 0 Å². The zero-order valence-corrected chi connectivity index (χ0v) is 12.4. The van der Waals surface area contributed by atoms with E-state index in [0.717, 1.165) is 18.8 Å². The van der Waals surface area contributed by atoms with Crippen molar-refractivity contribution in [1.82, 2.24) is 5.32 Å². The van der Waals surface area contributed by atoms with E-state index in [-0.39, 0.29) is 0 Å². The molecule has 2 heteroatoms. The van der Waals surface area contributed by atoms with Gasteiger partial charge in [-0.3, -0.25) is 0 Å². The second-order valence-corrected chi connectivity index (χ2v) is 5.47. The summed E-state index contributed by atoms with van der Waals surface area (Å²) in [7, 11) is 0. The Bertz CT molecular complexity index is 349. The number of hydrogen-bond acceptors (Lipinski definition) is 2. The first-order valence-electron chi connectivity index (χ1n) is 7.01. The Hall–Kier alpha value is -1.02. The van der Waals surface area contributed by atoms with Crippen molar-refractivity contribution in [3.05, 3.63) is 29.8 Å². The fourth-order valence-electron chi connectivity index (χ4n) is 1.78. The van der Waals surface area contributed by atoms with Gasteiger partial charge in [-0.25, -0.2) is 0 Å². The van der Waals surface area contributed by atoms with Gasteiger partial charge in [0.15, 0.2) is 0 Å². The number of rotatable bonds is 7. The van der Waals surface area contributed by atoms with Gasteiger partial charge in [-0.1, -0.05) is 32.9 Å². The van der Waals surface area contributed by atoms with Crippen LogP contribution in [0.1, 0.15) is 52.6 Å². The Kier molecular flexibility index (Phi) is 6.20. The summed E-state index contributed by atoms with van der Waals surface area (Å²) in [5.74, 6) is 1.53. The van der Waals surface area contributed by atoms with Crippen LogP contribution in [0.4, 0.5) is 0 Å². The summed E-state index contributed by atoms with van der Waals surface area (Å²) in [6.45, 7) is 11.7. The van der Waals surface area contributed by atoms with Crippen LogP contribution in [-0.4, -0.2) is 12.6 Å². The maximum Gasteiger partial charge on any atom is 0.119 e. The average Bonchev–Trinajstić information content (AvgIpc) is 2.36. The average molecular weight is 249 g/mol. The highest BCUT2D eigenvalue weighted by Gasteiger charge is 2.09. The largest absolute Gasteiger partial charge is 0.493 e. The van der Waals surface area contributed by atoms with Crippen LogP contribution >= 0.6 is 0 Å².